The van der Waals surface area contributed by atoms with Crippen LogP contribution in [0.2, 0.25) is 0 Å². The van der Waals surface area contributed by atoms with Crippen LogP contribution in [0.4, 0.5) is 14.5 Å². The Hall–Kier alpha value is -1.89. The van der Waals surface area contributed by atoms with Gasteiger partial charge in [-0.15, -0.1) is 0 Å². The summed E-state index contributed by atoms with van der Waals surface area (Å²) in [6.45, 7) is 8.99. The van der Waals surface area contributed by atoms with Crippen molar-refractivity contribution in [3.63, 3.8) is 0 Å². The molecule has 7 heteroatoms. The maximum Gasteiger partial charge on any atom is 0.194 e. The number of guanidine groups is 1. The fourth-order valence-corrected chi connectivity index (χ4v) is 4.31. The van der Waals surface area contributed by atoms with Crippen LogP contribution in [-0.4, -0.2) is 74.2 Å². The van der Waals surface area contributed by atoms with Gasteiger partial charge in [0.15, 0.2) is 5.96 Å². The largest absolute Gasteiger partial charge is 0.366 e. The normalized spacial score (nSPS) is 24.1. The summed E-state index contributed by atoms with van der Waals surface area (Å²) in [5, 5.41) is 3.41. The van der Waals surface area contributed by atoms with Crippen molar-refractivity contribution in [2.24, 2.45) is 10.9 Å². The molecule has 0 aromatic heterocycles. The minimum atomic E-state index is -0.398. The van der Waals surface area contributed by atoms with Gasteiger partial charge in [-0.3, -0.25) is 4.99 Å². The van der Waals surface area contributed by atoms with Crippen LogP contribution in [0.1, 0.15) is 26.2 Å². The molecule has 2 aliphatic heterocycles. The Morgan fingerprint density at radius 2 is 1.89 bits per heavy atom. The highest BCUT2D eigenvalue weighted by atomic mass is 19.1. The summed E-state index contributed by atoms with van der Waals surface area (Å²) in [6, 6.07) is 4.50. The van der Waals surface area contributed by atoms with E-state index in [0.717, 1.165) is 38.2 Å². The molecule has 0 bridgehead atoms. The fraction of sp³-hybridized carbons (Fsp3) is 0.667. The van der Waals surface area contributed by atoms with Crippen LogP contribution in [0.5, 0.6) is 0 Å². The zero-order chi connectivity index (χ0) is 19.5. The van der Waals surface area contributed by atoms with Gasteiger partial charge in [-0.25, -0.2) is 8.78 Å². The number of benzene rings is 1. The molecule has 28 heavy (non-hydrogen) atoms. The summed E-state index contributed by atoms with van der Waals surface area (Å²) in [5.41, 5.74) is 0.354. The fourth-order valence-electron chi connectivity index (χ4n) is 4.31. The summed E-state index contributed by atoms with van der Waals surface area (Å²) in [5.74, 6) is 0.839. The molecule has 1 unspecified atom stereocenters. The molecule has 3 fully saturated rings. The molecule has 0 spiro atoms. The molecule has 2 heterocycles. The number of hydrogen-bond acceptors (Lipinski definition) is 3. The molecule has 154 valence electrons. The van der Waals surface area contributed by atoms with E-state index in [1.54, 1.807) is 0 Å². The van der Waals surface area contributed by atoms with E-state index in [2.05, 4.69) is 22.0 Å². The minimum absolute atomic E-state index is 0.354. The second-order valence-corrected chi connectivity index (χ2v) is 8.15. The van der Waals surface area contributed by atoms with Crippen molar-refractivity contribution < 1.29 is 8.78 Å². The highest BCUT2D eigenvalue weighted by Gasteiger charge is 2.34. The van der Waals surface area contributed by atoms with Crippen molar-refractivity contribution in [1.82, 2.24) is 15.1 Å². The molecule has 0 radical (unpaired) electrons. The van der Waals surface area contributed by atoms with Gasteiger partial charge in [-0.1, -0.05) is 0 Å². The average molecular weight is 392 g/mol. The Kier molecular flexibility index (Phi) is 5.99. The van der Waals surface area contributed by atoms with Crippen molar-refractivity contribution in [3.8, 4) is 0 Å². The standard InChI is InChI=1S/C21H31F2N5/c1-2-24-21(25-14-16-7-8-28(15-16)18-4-5-18)27-11-9-26(10-12-27)20-13-17(22)3-6-19(20)23/h3,6,13,16,18H,2,4-5,7-12,14-15H2,1H3,(H,24,25). The third-order valence-corrected chi connectivity index (χ3v) is 6.04. The maximum atomic E-state index is 14.1. The molecule has 1 atom stereocenters. The first kappa shape index (κ1) is 19.4. The molecular weight excluding hydrogens is 360 g/mol. The first-order chi connectivity index (χ1) is 13.6. The molecule has 0 amide bonds. The van der Waals surface area contributed by atoms with Gasteiger partial charge < -0.3 is 20.0 Å². The van der Waals surface area contributed by atoms with Gasteiger partial charge in [0.25, 0.3) is 0 Å². The lowest BCUT2D eigenvalue weighted by Crippen LogP contribution is -2.52. The molecular formula is C21H31F2N5. The van der Waals surface area contributed by atoms with E-state index < -0.39 is 5.82 Å². The van der Waals surface area contributed by atoms with Gasteiger partial charge in [0.2, 0.25) is 0 Å². The molecule has 5 nitrogen and oxygen atoms in total. The van der Waals surface area contributed by atoms with Gasteiger partial charge in [0.1, 0.15) is 11.6 Å². The predicted molar refractivity (Wildman–Crippen MR) is 109 cm³/mol. The summed E-state index contributed by atoms with van der Waals surface area (Å²) in [4.78, 5) is 11.7. The monoisotopic (exact) mass is 391 g/mol. The summed E-state index contributed by atoms with van der Waals surface area (Å²) in [7, 11) is 0. The van der Waals surface area contributed by atoms with E-state index >= 15 is 0 Å². The zero-order valence-electron chi connectivity index (χ0n) is 16.7. The third kappa shape index (κ3) is 4.57. The number of aliphatic imine (C=N–C) groups is 1. The molecule has 1 aliphatic carbocycles. The number of nitrogens with zero attached hydrogens (tertiary/aromatic N) is 4. The van der Waals surface area contributed by atoms with Crippen molar-refractivity contribution in [2.75, 3.05) is 57.3 Å². The summed E-state index contributed by atoms with van der Waals surface area (Å²) >= 11 is 0. The average Bonchev–Trinajstić information content (AvgIpc) is 3.45. The molecule has 2 saturated heterocycles. The van der Waals surface area contributed by atoms with Gasteiger partial charge >= 0.3 is 0 Å². The van der Waals surface area contributed by atoms with E-state index in [4.69, 9.17) is 4.99 Å². The van der Waals surface area contributed by atoms with E-state index in [1.807, 2.05) is 4.90 Å². The number of nitrogens with one attached hydrogen (secondary N) is 1. The van der Waals surface area contributed by atoms with Crippen LogP contribution >= 0.6 is 0 Å². The second-order valence-electron chi connectivity index (χ2n) is 8.15. The lowest BCUT2D eigenvalue weighted by Gasteiger charge is -2.37. The number of hydrogen-bond donors (Lipinski definition) is 1. The first-order valence-corrected chi connectivity index (χ1v) is 10.6. The Morgan fingerprint density at radius 3 is 2.61 bits per heavy atom. The smallest absolute Gasteiger partial charge is 0.194 e. The number of rotatable bonds is 5. The highest BCUT2D eigenvalue weighted by Crippen LogP contribution is 2.31. The maximum absolute atomic E-state index is 14.1. The topological polar surface area (TPSA) is 34.1 Å². The van der Waals surface area contributed by atoms with Crippen molar-refractivity contribution in [1.29, 1.82) is 0 Å². The first-order valence-electron chi connectivity index (χ1n) is 10.6. The second kappa shape index (κ2) is 8.64. The number of halogens is 2. The van der Waals surface area contributed by atoms with Crippen LogP contribution in [0.25, 0.3) is 0 Å². The number of anilines is 1. The van der Waals surface area contributed by atoms with Crippen LogP contribution in [-0.2, 0) is 0 Å². The van der Waals surface area contributed by atoms with E-state index in [-0.39, 0.29) is 5.82 Å². The van der Waals surface area contributed by atoms with E-state index in [9.17, 15) is 8.78 Å². The Bertz CT molecular complexity index is 698. The molecule has 1 aromatic carbocycles. The Morgan fingerprint density at radius 1 is 1.11 bits per heavy atom. The number of piperazine rings is 1. The summed E-state index contributed by atoms with van der Waals surface area (Å²) < 4.78 is 27.6. The quantitative estimate of drug-likeness (QED) is 0.618. The Labute approximate surface area is 166 Å². The van der Waals surface area contributed by atoms with Crippen LogP contribution in [0.3, 0.4) is 0 Å². The zero-order valence-corrected chi connectivity index (χ0v) is 16.7. The molecule has 4 rings (SSSR count). The van der Waals surface area contributed by atoms with Crippen molar-refractivity contribution in [3.05, 3.63) is 29.8 Å². The minimum Gasteiger partial charge on any atom is -0.366 e. The highest BCUT2D eigenvalue weighted by molar-refractivity contribution is 5.80. The van der Waals surface area contributed by atoms with Gasteiger partial charge in [0.05, 0.1) is 5.69 Å². The molecule has 1 saturated carbocycles. The van der Waals surface area contributed by atoms with Crippen LogP contribution in [0.15, 0.2) is 23.2 Å². The van der Waals surface area contributed by atoms with Crippen molar-refractivity contribution in [2.45, 2.75) is 32.2 Å². The number of likely N-dealkylation sites (tertiary alicyclic amines) is 1. The third-order valence-electron chi connectivity index (χ3n) is 6.04. The van der Waals surface area contributed by atoms with Gasteiger partial charge in [-0.2, -0.15) is 0 Å². The van der Waals surface area contributed by atoms with Crippen LogP contribution < -0.4 is 10.2 Å². The summed E-state index contributed by atoms with van der Waals surface area (Å²) in [6.07, 6.45) is 3.98. The molecule has 1 aromatic rings. The van der Waals surface area contributed by atoms with Crippen LogP contribution in [0, 0.1) is 17.6 Å². The molecule has 1 N–H and O–H groups in total. The molecule has 3 aliphatic rings. The van der Waals surface area contributed by atoms with Gasteiger partial charge in [0, 0.05) is 57.9 Å². The van der Waals surface area contributed by atoms with E-state index in [0.29, 0.717) is 24.7 Å². The SMILES string of the molecule is CCNC(=NCC1CCN(C2CC2)C1)N1CCN(c2cc(F)ccc2F)CC1. The van der Waals surface area contributed by atoms with Gasteiger partial charge in [-0.05, 0) is 50.8 Å². The van der Waals surface area contributed by atoms with Crippen molar-refractivity contribution >= 4 is 11.6 Å². The Balaban J connectivity index is 1.33. The lowest BCUT2D eigenvalue weighted by molar-refractivity contribution is 0.315. The lowest BCUT2D eigenvalue weighted by atomic mass is 10.1. The predicted octanol–water partition coefficient (Wildman–Crippen LogP) is 2.54. The van der Waals surface area contributed by atoms with E-state index in [1.165, 1.54) is 50.6 Å².